The Bertz CT molecular complexity index is 5710. The number of carbonyl (C=O) groups is 3. The fraction of sp³-hybridized carbons (Fsp3) is 0.419. The molecule has 0 aliphatic carbocycles. The molecule has 1 aliphatic heterocycles. The van der Waals surface area contributed by atoms with E-state index in [1.165, 1.54) is 40.9 Å². The van der Waals surface area contributed by atoms with E-state index >= 15 is 0 Å². The molecule has 15 rings (SSSR count). The van der Waals surface area contributed by atoms with Crippen LogP contribution in [0.25, 0.3) is 81.6 Å². The van der Waals surface area contributed by atoms with Crippen LogP contribution in [-0.2, 0) is 73.9 Å². The second kappa shape index (κ2) is 69.8. The first kappa shape index (κ1) is 139. The predicted molar refractivity (Wildman–Crippen MR) is 542 cm³/mol. The SMILES string of the molecule is CC(C)(C)[Si](C)(C)OCC1CO1.CC(C)N.CC(C)N(CC(O)Cc1cc2ccccc2[nH]1)C(=O)C(F)(F)F.CC(C)NCC(O)Cc1cc2ccccc2[nH]1.CC(C)[N-]CC(O)Cc1cc2ccccc2[nH]1.CCC(O)Cc1cc2ccccc2[nH]1.Cn1ccc2ccccc21.N#CCC(O)Cc1cc2ccccc2[nH]1.O.O=C(OC(=O)C(F)(F)F)C(F)(F)F.OCC(O)Cc1cc2ccccc2[nH]1.[Ac].[Ac].[Ac].[C-]#N.[Na+]. The van der Waals surface area contributed by atoms with Gasteiger partial charge in [-0.2, -0.15) is 44.8 Å². The molecule has 1 aliphatic rings. The molecule has 0 bridgehead atoms. The maximum Gasteiger partial charge on any atom is 1.00 e. The topological polar surface area (TPSA) is 458 Å². The number of nitrogens with zero attached hydrogens (tertiary/aromatic N) is 5. The minimum atomic E-state index is -5.62. The Balaban J connectivity index is 0.00000161. The number of aromatic nitrogens is 7. The van der Waals surface area contributed by atoms with Crippen molar-refractivity contribution in [2.45, 2.75) is 238 Å². The van der Waals surface area contributed by atoms with Crippen molar-refractivity contribution in [2.24, 2.45) is 12.8 Å². The summed E-state index contributed by atoms with van der Waals surface area (Å²) in [6.07, 6.45) is -12.9. The van der Waals surface area contributed by atoms with Crippen LogP contribution in [0.3, 0.4) is 0 Å². The van der Waals surface area contributed by atoms with Gasteiger partial charge in [-0.3, -0.25) is 4.79 Å². The third-order valence-corrected chi connectivity index (χ3v) is 26.0. The molecule has 14 aromatic rings. The van der Waals surface area contributed by atoms with Gasteiger partial charge < -0.3 is 123 Å². The van der Waals surface area contributed by atoms with Crippen LogP contribution < -0.4 is 40.6 Å². The first-order chi connectivity index (χ1) is 66.3. The van der Waals surface area contributed by atoms with E-state index in [1.807, 2.05) is 174 Å². The van der Waals surface area contributed by atoms with Gasteiger partial charge in [0.05, 0.1) is 62.8 Å². The average molecular weight is 2710 g/mol. The van der Waals surface area contributed by atoms with Crippen molar-refractivity contribution in [3.8, 4) is 6.07 Å². The molecule has 7 unspecified atom stereocenters. The Kier molecular flexibility index (Phi) is 66.6. The Morgan fingerprint density at radius 3 is 1.11 bits per heavy atom. The molecule has 27 nitrogen and oxygen atoms in total. The second-order valence-electron chi connectivity index (χ2n) is 36.4. The second-order valence-corrected chi connectivity index (χ2v) is 41.2. The summed E-state index contributed by atoms with van der Waals surface area (Å²) in [5.74, 6) is -8.33. The number of halogens is 9. The largest absolute Gasteiger partial charge is 1.00 e. The van der Waals surface area contributed by atoms with Crippen molar-refractivity contribution >= 4 is 102 Å². The zero-order valence-electron chi connectivity index (χ0n) is 85.6. The third-order valence-electron chi connectivity index (χ3n) is 21.5. The molecule has 146 heavy (non-hydrogen) atoms. The van der Waals surface area contributed by atoms with Gasteiger partial charge in [-0.15, -0.1) is 12.6 Å². The minimum absolute atomic E-state index is 0. The van der Waals surface area contributed by atoms with E-state index in [9.17, 15) is 84.5 Å². The first-order valence-electron chi connectivity index (χ1n) is 46.2. The predicted octanol–water partition coefficient (Wildman–Crippen LogP) is 15.7. The van der Waals surface area contributed by atoms with Crippen LogP contribution in [0, 0.1) is 155 Å². The summed E-state index contributed by atoms with van der Waals surface area (Å²) >= 11 is 0. The number of para-hydroxylation sites is 7. The molecule has 785 valence electrons. The summed E-state index contributed by atoms with van der Waals surface area (Å²) in [6, 6.07) is 72.8. The number of benzene rings is 7. The molecular formula is C105H138Ac3F9N13NaO14Si-. The molecule has 7 atom stereocenters. The molecule has 1 fully saturated rings. The number of rotatable bonds is 27. The summed E-state index contributed by atoms with van der Waals surface area (Å²) in [5.41, 5.74) is 18.7. The number of ether oxygens (including phenoxy) is 2. The number of aromatic amines is 6. The fourth-order valence-electron chi connectivity index (χ4n) is 13.3. The van der Waals surface area contributed by atoms with E-state index in [4.69, 9.17) is 37.1 Å². The summed E-state index contributed by atoms with van der Waals surface area (Å²) in [7, 11) is 0.550. The maximum atomic E-state index is 12.6. The van der Waals surface area contributed by atoms with Crippen LogP contribution >= 0.6 is 0 Å². The number of epoxide rings is 1. The number of nitrogens with two attached hydrogens (primary N) is 1. The monoisotopic (exact) mass is 2710 g/mol. The molecule has 0 saturated carbocycles. The maximum absolute atomic E-state index is 12.6. The molecule has 7 aromatic carbocycles. The van der Waals surface area contributed by atoms with Crippen LogP contribution in [-0.4, -0.2) is 232 Å². The summed E-state index contributed by atoms with van der Waals surface area (Å²) in [6.45, 7) is 35.4. The van der Waals surface area contributed by atoms with Gasteiger partial charge in [-0.1, -0.05) is 197 Å². The molecule has 0 spiro atoms. The number of H-pyrrole nitrogens is 6. The molecule has 7 aromatic heterocycles. The van der Waals surface area contributed by atoms with E-state index in [1.54, 1.807) is 0 Å². The first-order valence-corrected chi connectivity index (χ1v) is 49.1. The molecular weight excluding hydrogens is 2570 g/mol. The van der Waals surface area contributed by atoms with Crippen molar-refractivity contribution in [2.75, 3.05) is 39.5 Å². The normalized spacial score (nSPS) is 13.2. The quantitative estimate of drug-likeness (QED) is 0.00568. The molecule has 8 heterocycles. The summed E-state index contributed by atoms with van der Waals surface area (Å²) < 4.78 is 121. The molecule has 1 saturated heterocycles. The number of aryl methyl sites for hydroxylation is 1. The number of esters is 2. The van der Waals surface area contributed by atoms with Gasteiger partial charge in [-0.05, 0) is 167 Å². The molecule has 3 radical (unpaired) electrons. The van der Waals surface area contributed by atoms with Crippen molar-refractivity contribution in [3.05, 3.63) is 265 Å². The van der Waals surface area contributed by atoms with Crippen LogP contribution in [0.1, 0.15) is 130 Å². The van der Waals surface area contributed by atoms with Gasteiger partial charge >= 0.3 is 65.9 Å². The van der Waals surface area contributed by atoms with Gasteiger partial charge in [0.1, 0.15) is 6.10 Å². The molecule has 41 heteroatoms. The Morgan fingerprint density at radius 1 is 0.521 bits per heavy atom. The van der Waals surface area contributed by atoms with E-state index in [0.29, 0.717) is 79.0 Å². The van der Waals surface area contributed by atoms with Gasteiger partial charge in [0.15, 0.2) is 8.32 Å². The van der Waals surface area contributed by atoms with Crippen LogP contribution in [0.2, 0.25) is 18.1 Å². The number of carbonyl (C=O) groups excluding carboxylic acids is 3. The smallest absolute Gasteiger partial charge is 0.658 e. The number of nitrogens with one attached hydrogen (secondary N) is 7. The van der Waals surface area contributed by atoms with E-state index < -0.39 is 75.1 Å². The number of hydrogen-bond acceptors (Lipinski definition) is 17. The summed E-state index contributed by atoms with van der Waals surface area (Å²) in [4.78, 5) is 50.8. The average Bonchev–Trinajstić information content (AvgIpc) is 1.79. The number of fused-ring (bicyclic) bond motifs is 7. The Labute approximate surface area is 978 Å². The Hall–Kier alpha value is -6.70. The Morgan fingerprint density at radius 2 is 0.829 bits per heavy atom. The van der Waals surface area contributed by atoms with Crippen LogP contribution in [0.4, 0.5) is 39.5 Å². The van der Waals surface area contributed by atoms with Crippen molar-refractivity contribution in [3.63, 3.8) is 0 Å². The molecule has 18 N–H and O–H groups in total. The van der Waals surface area contributed by atoms with Crippen LogP contribution in [0.5, 0.6) is 0 Å². The summed E-state index contributed by atoms with van der Waals surface area (Å²) in [5, 5.41) is 97.5. The molecule has 1 amide bonds. The number of alkyl halides is 9. The number of nitriles is 1. The number of aliphatic hydroxyl groups excluding tert-OH is 7. The van der Waals surface area contributed by atoms with E-state index in [0.717, 1.165) is 97.4 Å². The number of amides is 1. The van der Waals surface area contributed by atoms with Gasteiger partial charge in [0, 0.05) is 288 Å². The van der Waals surface area contributed by atoms with Gasteiger partial charge in [-0.25, -0.2) is 9.59 Å². The van der Waals surface area contributed by atoms with Crippen molar-refractivity contribution in [1.29, 1.82) is 10.5 Å². The van der Waals surface area contributed by atoms with E-state index in [2.05, 4.69) is 190 Å². The van der Waals surface area contributed by atoms with Gasteiger partial charge in [0.25, 0.3) is 0 Å². The zero-order chi connectivity index (χ0) is 105. The fourth-order valence-corrected chi connectivity index (χ4v) is 14.3. The van der Waals surface area contributed by atoms with Crippen molar-refractivity contribution in [1.82, 2.24) is 44.7 Å². The van der Waals surface area contributed by atoms with Crippen molar-refractivity contribution < 1.29 is 271 Å². The van der Waals surface area contributed by atoms with Gasteiger partial charge in [0.2, 0.25) is 0 Å². The minimum Gasteiger partial charge on any atom is -0.658 e. The standard InChI is InChI=1S/C16H19F3N2O2.C14H20N2O.C14H19N2O.C12H12N2O.C12H15NO.C11H13NO2.C9H9N.C9H20O2Si.C4F6O3.C3H9N.CN.3Ac.Na.H2O/c1-10(2)21(15(23)16(17,18)19)9-13(22)8-12-7-11-5-3-4-6-14(11)20-12;2*1-10(2)15-9-13(17)8-12-7-11-5-3-4-6-14(11)16-12;13-6-5-11(15)8-10-7-9-3-1-2-4-12(9)14-10;1-2-11(14)8-10-7-9-5-3-4-6-12(9)13-10;13-7-10(14)6-9-5-8-3-1-2-4-11(8)12-9;1-10-7-6-8-4-2-3-5-9(8)10;1-9(2,3)12(4,5)11-7-8-6-10-8;5-3(6,7)1(11)13-2(12)4(8,9)10;1-3(2)4;1-2;;;;;/h3-7,10,13,20,22H,8-9H2,1-2H3;3-7,10,13,15-17H,8-9H2,1-2H3;3-7,10,13,16-17H,8-9H2,1-2H3;1-4,7,11,14-15H,5,8H2;3-7,11,13-14H,2,8H2,1H3;1-5,10,12-14H,6-7H2;2-7H,1H3;8H,6-7H2,1-5H3;;3H,4H2,1-2H3;;;;;;1H2/q;;-1;;;;;;;;-1;;;;+1;. The van der Waals surface area contributed by atoms with E-state index in [-0.39, 0.29) is 211 Å². The zero-order valence-corrected chi connectivity index (χ0v) is 103. The number of hydrogen-bond donors (Lipinski definition) is 15. The van der Waals surface area contributed by atoms with Crippen LogP contribution in [0.15, 0.2) is 219 Å². The third kappa shape index (κ3) is 52.6. The number of aliphatic hydroxyl groups is 7.